The minimum Gasteiger partial charge on any atom is -0.481 e. The van der Waals surface area contributed by atoms with Gasteiger partial charge in [-0.25, -0.2) is 4.39 Å². The zero-order chi connectivity index (χ0) is 19.7. The molecule has 0 bridgehead atoms. The summed E-state index contributed by atoms with van der Waals surface area (Å²) in [4.78, 5) is 36.3. The van der Waals surface area contributed by atoms with Gasteiger partial charge in [-0.3, -0.25) is 19.3 Å². The summed E-state index contributed by atoms with van der Waals surface area (Å²) in [5, 5.41) is 19.3. The van der Waals surface area contributed by atoms with Gasteiger partial charge in [0.1, 0.15) is 11.9 Å². The van der Waals surface area contributed by atoms with Crippen molar-refractivity contribution >= 4 is 28.7 Å². The molecule has 1 saturated heterocycles. The standard InChI is InChI=1S/C18H20FN3O5/c19-10-3-4-11-12(9-21(14(11)8-10)7-5-15(23)24)16(18(26)27)22-6-1-2-13(22)17(20)25/h3-4,8-9,13,16H,1-2,5-7H2,(H2,20,25)(H,23,24)(H,26,27)/t13-,16?/m0/s1. The van der Waals surface area contributed by atoms with Crippen molar-refractivity contribution < 1.29 is 29.0 Å². The lowest BCUT2D eigenvalue weighted by Crippen LogP contribution is -2.44. The number of likely N-dealkylation sites (tertiary alicyclic amines) is 1. The zero-order valence-corrected chi connectivity index (χ0v) is 14.5. The van der Waals surface area contributed by atoms with Crippen LogP contribution >= 0.6 is 0 Å². The lowest BCUT2D eigenvalue weighted by atomic mass is 10.0. The topological polar surface area (TPSA) is 126 Å². The van der Waals surface area contributed by atoms with E-state index in [9.17, 15) is 23.9 Å². The van der Waals surface area contributed by atoms with Crippen molar-refractivity contribution in [3.63, 3.8) is 0 Å². The second kappa shape index (κ2) is 7.36. The fourth-order valence-corrected chi connectivity index (χ4v) is 3.77. The number of hydrogen-bond donors (Lipinski definition) is 3. The van der Waals surface area contributed by atoms with E-state index in [4.69, 9.17) is 10.8 Å². The molecule has 144 valence electrons. The molecule has 8 nitrogen and oxygen atoms in total. The van der Waals surface area contributed by atoms with E-state index in [0.717, 1.165) is 0 Å². The first-order valence-corrected chi connectivity index (χ1v) is 8.57. The fraction of sp³-hybridized carbons (Fsp3) is 0.389. The number of carboxylic acid groups (broad SMARTS) is 2. The number of carbonyl (C=O) groups excluding carboxylic acids is 1. The van der Waals surface area contributed by atoms with E-state index in [-0.39, 0.29) is 13.0 Å². The molecule has 1 unspecified atom stereocenters. The second-order valence-corrected chi connectivity index (χ2v) is 6.62. The van der Waals surface area contributed by atoms with Gasteiger partial charge in [0.05, 0.1) is 18.0 Å². The minimum atomic E-state index is -1.15. The molecule has 9 heteroatoms. The van der Waals surface area contributed by atoms with Gasteiger partial charge < -0.3 is 20.5 Å². The molecule has 1 fully saturated rings. The summed E-state index contributed by atoms with van der Waals surface area (Å²) in [6, 6.07) is 2.12. The minimum absolute atomic E-state index is 0.0703. The number of nitrogens with two attached hydrogens (primary N) is 1. The Labute approximate surface area is 154 Å². The van der Waals surface area contributed by atoms with Crippen molar-refractivity contribution in [3.8, 4) is 0 Å². The number of amides is 1. The molecule has 4 N–H and O–H groups in total. The van der Waals surface area contributed by atoms with Gasteiger partial charge in [0.15, 0.2) is 0 Å². The number of fused-ring (bicyclic) bond motifs is 1. The largest absolute Gasteiger partial charge is 0.481 e. The summed E-state index contributed by atoms with van der Waals surface area (Å²) >= 11 is 0. The lowest BCUT2D eigenvalue weighted by Gasteiger charge is -2.28. The molecule has 2 heterocycles. The van der Waals surface area contributed by atoms with Crippen LogP contribution in [0.5, 0.6) is 0 Å². The smallest absolute Gasteiger partial charge is 0.325 e. The first-order valence-electron chi connectivity index (χ1n) is 8.57. The van der Waals surface area contributed by atoms with Crippen molar-refractivity contribution in [1.82, 2.24) is 9.47 Å². The molecule has 1 aromatic carbocycles. The van der Waals surface area contributed by atoms with Crippen LogP contribution < -0.4 is 5.73 Å². The number of nitrogens with zero attached hydrogens (tertiary/aromatic N) is 2. The normalized spacial score (nSPS) is 18.6. The Balaban J connectivity index is 2.11. The predicted molar refractivity (Wildman–Crippen MR) is 93.4 cm³/mol. The quantitative estimate of drug-likeness (QED) is 0.668. The maximum absolute atomic E-state index is 13.7. The lowest BCUT2D eigenvalue weighted by molar-refractivity contribution is -0.145. The molecule has 1 aliphatic heterocycles. The molecular weight excluding hydrogens is 357 g/mol. The number of primary amides is 1. The highest BCUT2D eigenvalue weighted by molar-refractivity contribution is 5.90. The van der Waals surface area contributed by atoms with E-state index in [1.54, 1.807) is 4.90 Å². The van der Waals surface area contributed by atoms with Gasteiger partial charge >= 0.3 is 11.9 Å². The Bertz CT molecular complexity index is 910. The van der Waals surface area contributed by atoms with Crippen LogP contribution in [0.25, 0.3) is 10.9 Å². The molecule has 1 aromatic heterocycles. The van der Waals surface area contributed by atoms with Gasteiger partial charge in [0.2, 0.25) is 5.91 Å². The molecule has 27 heavy (non-hydrogen) atoms. The number of halogens is 1. The molecule has 3 rings (SSSR count). The summed E-state index contributed by atoms with van der Waals surface area (Å²) in [6.45, 7) is 0.467. The Morgan fingerprint density at radius 1 is 1.30 bits per heavy atom. The first kappa shape index (κ1) is 18.8. The predicted octanol–water partition coefficient (Wildman–Crippen LogP) is 1.33. The van der Waals surface area contributed by atoms with Crippen molar-refractivity contribution in [2.75, 3.05) is 6.54 Å². The molecular formula is C18H20FN3O5. The summed E-state index contributed by atoms with van der Waals surface area (Å²) in [5.41, 5.74) is 6.22. The van der Waals surface area contributed by atoms with Gasteiger partial charge in [0.25, 0.3) is 0 Å². The highest BCUT2D eigenvalue weighted by atomic mass is 19.1. The maximum Gasteiger partial charge on any atom is 0.325 e. The van der Waals surface area contributed by atoms with Crippen molar-refractivity contribution in [2.24, 2.45) is 5.73 Å². The van der Waals surface area contributed by atoms with Gasteiger partial charge in [-0.05, 0) is 31.0 Å². The molecule has 1 amide bonds. The van der Waals surface area contributed by atoms with Crippen LogP contribution in [0.1, 0.15) is 30.9 Å². The average molecular weight is 377 g/mol. The maximum atomic E-state index is 13.7. The molecule has 2 atom stereocenters. The Morgan fingerprint density at radius 3 is 2.67 bits per heavy atom. The van der Waals surface area contributed by atoms with Gasteiger partial charge in [-0.1, -0.05) is 0 Å². The number of carbonyl (C=O) groups is 3. The van der Waals surface area contributed by atoms with Gasteiger partial charge in [0, 0.05) is 30.2 Å². The highest BCUT2D eigenvalue weighted by Crippen LogP contribution is 2.35. The number of benzene rings is 1. The monoisotopic (exact) mass is 377 g/mol. The fourth-order valence-electron chi connectivity index (χ4n) is 3.77. The second-order valence-electron chi connectivity index (χ2n) is 6.62. The highest BCUT2D eigenvalue weighted by Gasteiger charge is 2.39. The third kappa shape index (κ3) is 3.63. The Hall–Kier alpha value is -2.94. The molecule has 1 aliphatic rings. The molecule has 0 radical (unpaired) electrons. The van der Waals surface area contributed by atoms with E-state index in [0.29, 0.717) is 35.9 Å². The summed E-state index contributed by atoms with van der Waals surface area (Å²) < 4.78 is 15.3. The van der Waals surface area contributed by atoms with E-state index in [1.807, 2.05) is 0 Å². The zero-order valence-electron chi connectivity index (χ0n) is 14.5. The number of rotatable bonds is 7. The molecule has 2 aromatic rings. The number of carboxylic acids is 2. The summed E-state index contributed by atoms with van der Waals surface area (Å²) in [6.07, 6.45) is 2.46. The third-order valence-electron chi connectivity index (χ3n) is 4.92. The number of aryl methyl sites for hydroxylation is 1. The average Bonchev–Trinajstić information content (AvgIpc) is 3.18. The number of aliphatic carboxylic acids is 2. The molecule has 0 spiro atoms. The van der Waals surface area contributed by atoms with Crippen molar-refractivity contribution in [3.05, 3.63) is 35.8 Å². The third-order valence-corrected chi connectivity index (χ3v) is 4.92. The molecule has 0 aliphatic carbocycles. The SMILES string of the molecule is NC(=O)[C@@H]1CCCN1C(C(=O)O)c1cn(CCC(=O)O)c2cc(F)ccc12. The van der Waals surface area contributed by atoms with Crippen LogP contribution in [0.4, 0.5) is 4.39 Å². The van der Waals surface area contributed by atoms with Crippen LogP contribution in [0, 0.1) is 5.82 Å². The van der Waals surface area contributed by atoms with Crippen LogP contribution in [-0.2, 0) is 20.9 Å². The number of aromatic nitrogens is 1. The Morgan fingerprint density at radius 2 is 2.04 bits per heavy atom. The van der Waals surface area contributed by atoms with Gasteiger partial charge in [-0.15, -0.1) is 0 Å². The molecule has 0 saturated carbocycles. The van der Waals surface area contributed by atoms with Crippen LogP contribution in [0.15, 0.2) is 24.4 Å². The van der Waals surface area contributed by atoms with Crippen LogP contribution in [0.2, 0.25) is 0 Å². The first-order chi connectivity index (χ1) is 12.8. The van der Waals surface area contributed by atoms with E-state index < -0.39 is 35.7 Å². The van der Waals surface area contributed by atoms with Crippen LogP contribution in [0.3, 0.4) is 0 Å². The van der Waals surface area contributed by atoms with Gasteiger partial charge in [-0.2, -0.15) is 0 Å². The van der Waals surface area contributed by atoms with E-state index in [1.165, 1.54) is 29.0 Å². The van der Waals surface area contributed by atoms with Crippen molar-refractivity contribution in [2.45, 2.75) is 37.9 Å². The van der Waals surface area contributed by atoms with Crippen LogP contribution in [-0.4, -0.2) is 50.1 Å². The summed E-state index contributed by atoms with van der Waals surface area (Å²) in [7, 11) is 0. The van der Waals surface area contributed by atoms with E-state index in [2.05, 4.69) is 0 Å². The van der Waals surface area contributed by atoms with Crippen molar-refractivity contribution in [1.29, 1.82) is 0 Å². The van der Waals surface area contributed by atoms with E-state index >= 15 is 0 Å². The Kier molecular flexibility index (Phi) is 5.13. The number of hydrogen-bond acceptors (Lipinski definition) is 4. The summed E-state index contributed by atoms with van der Waals surface area (Å²) in [5.74, 6) is -3.26.